The zero-order valence-electron chi connectivity index (χ0n) is 10.4. The normalized spacial score (nSPS) is 22.6. The third kappa shape index (κ3) is 2.28. The van der Waals surface area contributed by atoms with E-state index in [1.165, 1.54) is 0 Å². The van der Waals surface area contributed by atoms with E-state index in [4.69, 9.17) is 9.47 Å². The van der Waals surface area contributed by atoms with Crippen molar-refractivity contribution in [3.05, 3.63) is 24.0 Å². The number of hydrogen-bond acceptors (Lipinski definition) is 3. The van der Waals surface area contributed by atoms with Crippen molar-refractivity contribution >= 4 is 5.91 Å². The van der Waals surface area contributed by atoms with Gasteiger partial charge in [-0.1, -0.05) is 0 Å². The van der Waals surface area contributed by atoms with Crippen molar-refractivity contribution in [1.29, 1.82) is 0 Å². The van der Waals surface area contributed by atoms with Crippen LogP contribution in [-0.2, 0) is 20.7 Å². The molecule has 0 unspecified atom stereocenters. The van der Waals surface area contributed by atoms with Gasteiger partial charge in [0.1, 0.15) is 0 Å². The Balaban J connectivity index is 1.54. The Labute approximate surface area is 106 Å². The van der Waals surface area contributed by atoms with Crippen molar-refractivity contribution < 1.29 is 14.3 Å². The number of piperidine rings is 1. The van der Waals surface area contributed by atoms with Gasteiger partial charge in [-0.3, -0.25) is 4.79 Å². The van der Waals surface area contributed by atoms with Crippen LogP contribution in [-0.4, -0.2) is 47.9 Å². The molecule has 0 aromatic carbocycles. The highest BCUT2D eigenvalue weighted by molar-refractivity contribution is 5.78. The summed E-state index contributed by atoms with van der Waals surface area (Å²) in [5.74, 6) is -0.215. The van der Waals surface area contributed by atoms with Crippen LogP contribution < -0.4 is 0 Å². The van der Waals surface area contributed by atoms with Crippen molar-refractivity contribution in [3.8, 4) is 0 Å². The van der Waals surface area contributed by atoms with Gasteiger partial charge in [-0.15, -0.1) is 0 Å². The third-order valence-corrected chi connectivity index (χ3v) is 3.71. The molecule has 0 atom stereocenters. The van der Waals surface area contributed by atoms with E-state index < -0.39 is 5.79 Å². The third-order valence-electron chi connectivity index (χ3n) is 3.71. The monoisotopic (exact) mass is 250 g/mol. The fourth-order valence-corrected chi connectivity index (χ4v) is 2.64. The van der Waals surface area contributed by atoms with E-state index in [1.807, 2.05) is 23.4 Å². The summed E-state index contributed by atoms with van der Waals surface area (Å²) in [7, 11) is 0. The average molecular weight is 250 g/mol. The number of H-pyrrole nitrogens is 1. The lowest BCUT2D eigenvalue weighted by Gasteiger charge is -2.37. The van der Waals surface area contributed by atoms with Gasteiger partial charge in [-0.2, -0.15) is 0 Å². The quantitative estimate of drug-likeness (QED) is 0.849. The maximum absolute atomic E-state index is 12.1. The fourth-order valence-electron chi connectivity index (χ4n) is 2.64. The van der Waals surface area contributed by atoms with Gasteiger partial charge < -0.3 is 19.4 Å². The smallest absolute Gasteiger partial charge is 0.227 e. The number of rotatable bonds is 2. The molecule has 2 fully saturated rings. The zero-order chi connectivity index (χ0) is 12.4. The van der Waals surface area contributed by atoms with E-state index in [-0.39, 0.29) is 5.91 Å². The molecular weight excluding hydrogens is 232 g/mol. The first kappa shape index (κ1) is 11.7. The molecule has 1 aromatic rings. The summed E-state index contributed by atoms with van der Waals surface area (Å²) in [4.78, 5) is 17.0. The number of nitrogens with one attached hydrogen (secondary N) is 1. The van der Waals surface area contributed by atoms with Crippen molar-refractivity contribution in [1.82, 2.24) is 9.88 Å². The first-order valence-electron chi connectivity index (χ1n) is 6.45. The molecule has 1 spiro atoms. The molecule has 0 aliphatic carbocycles. The minimum Gasteiger partial charge on any atom is -0.367 e. The summed E-state index contributed by atoms with van der Waals surface area (Å²) < 4.78 is 11.3. The van der Waals surface area contributed by atoms with E-state index in [2.05, 4.69) is 4.98 Å². The van der Waals surface area contributed by atoms with Crippen LogP contribution >= 0.6 is 0 Å². The minimum absolute atomic E-state index is 0.183. The second kappa shape index (κ2) is 4.74. The van der Waals surface area contributed by atoms with Gasteiger partial charge in [0.25, 0.3) is 0 Å². The number of nitrogens with zero attached hydrogens (tertiary/aromatic N) is 1. The van der Waals surface area contributed by atoms with Gasteiger partial charge in [0.15, 0.2) is 5.79 Å². The predicted molar refractivity (Wildman–Crippen MR) is 64.9 cm³/mol. The topological polar surface area (TPSA) is 54.6 Å². The van der Waals surface area contributed by atoms with Crippen LogP contribution in [0, 0.1) is 0 Å². The molecule has 18 heavy (non-hydrogen) atoms. The van der Waals surface area contributed by atoms with E-state index in [1.54, 1.807) is 0 Å². The van der Waals surface area contributed by atoms with Crippen LogP contribution in [0.2, 0.25) is 0 Å². The molecule has 1 aromatic heterocycles. The lowest BCUT2D eigenvalue weighted by atomic mass is 10.0. The molecule has 2 aliphatic heterocycles. The van der Waals surface area contributed by atoms with Gasteiger partial charge in [-0.25, -0.2) is 0 Å². The van der Waals surface area contributed by atoms with Crippen molar-refractivity contribution in [2.24, 2.45) is 0 Å². The van der Waals surface area contributed by atoms with Crippen LogP contribution in [0.3, 0.4) is 0 Å². The van der Waals surface area contributed by atoms with Crippen molar-refractivity contribution in [2.75, 3.05) is 26.3 Å². The molecular formula is C13H18N2O3. The standard InChI is InChI=1S/C13H18N2O3/c16-12(9-11-1-4-14-10-11)15-5-2-13(3-6-15)17-7-8-18-13/h1,4,10,14H,2-3,5-9H2. The Bertz CT molecular complexity index is 400. The van der Waals surface area contributed by atoms with Gasteiger partial charge >= 0.3 is 0 Å². The Kier molecular flexibility index (Phi) is 3.09. The minimum atomic E-state index is -0.398. The molecule has 0 radical (unpaired) electrons. The van der Waals surface area contributed by atoms with E-state index in [0.29, 0.717) is 19.6 Å². The highest BCUT2D eigenvalue weighted by Crippen LogP contribution is 2.31. The molecule has 2 saturated heterocycles. The summed E-state index contributed by atoms with van der Waals surface area (Å²) >= 11 is 0. The number of likely N-dealkylation sites (tertiary alicyclic amines) is 1. The van der Waals surface area contributed by atoms with Crippen LogP contribution in [0.1, 0.15) is 18.4 Å². The molecule has 5 nitrogen and oxygen atoms in total. The van der Waals surface area contributed by atoms with Crippen molar-refractivity contribution in [2.45, 2.75) is 25.0 Å². The van der Waals surface area contributed by atoms with Gasteiger partial charge in [0, 0.05) is 38.3 Å². The SMILES string of the molecule is O=C(Cc1cc[nH]c1)N1CCC2(CC1)OCCO2. The highest BCUT2D eigenvalue weighted by atomic mass is 16.7. The van der Waals surface area contributed by atoms with E-state index in [9.17, 15) is 4.79 Å². The molecule has 0 bridgehead atoms. The summed E-state index contributed by atoms with van der Waals surface area (Å²) in [6, 6.07) is 1.94. The molecule has 0 saturated carbocycles. The number of hydrogen-bond donors (Lipinski definition) is 1. The number of ether oxygens (including phenoxy) is 2. The van der Waals surface area contributed by atoms with Crippen LogP contribution in [0.15, 0.2) is 18.5 Å². The summed E-state index contributed by atoms with van der Waals surface area (Å²) in [6.07, 6.45) is 5.75. The predicted octanol–water partition coefficient (Wildman–Crippen LogP) is 0.923. The highest BCUT2D eigenvalue weighted by Gasteiger charge is 2.40. The van der Waals surface area contributed by atoms with E-state index >= 15 is 0 Å². The van der Waals surface area contributed by atoms with Gasteiger partial charge in [0.05, 0.1) is 19.6 Å². The average Bonchev–Trinajstić information content (AvgIpc) is 3.03. The number of aromatic amines is 1. The van der Waals surface area contributed by atoms with Crippen molar-refractivity contribution in [3.63, 3.8) is 0 Å². The van der Waals surface area contributed by atoms with Crippen LogP contribution in [0.5, 0.6) is 0 Å². The lowest BCUT2D eigenvalue weighted by molar-refractivity contribution is -0.187. The largest absolute Gasteiger partial charge is 0.367 e. The molecule has 3 heterocycles. The van der Waals surface area contributed by atoms with Crippen LogP contribution in [0.25, 0.3) is 0 Å². The molecule has 3 rings (SSSR count). The molecule has 1 amide bonds. The second-order valence-corrected chi connectivity index (χ2v) is 4.88. The second-order valence-electron chi connectivity index (χ2n) is 4.88. The van der Waals surface area contributed by atoms with Gasteiger partial charge in [-0.05, 0) is 11.6 Å². The maximum Gasteiger partial charge on any atom is 0.227 e. The van der Waals surface area contributed by atoms with E-state index in [0.717, 1.165) is 31.5 Å². The first-order valence-corrected chi connectivity index (χ1v) is 6.45. The molecule has 5 heteroatoms. The number of amides is 1. The lowest BCUT2D eigenvalue weighted by Crippen LogP contribution is -2.47. The molecule has 98 valence electrons. The number of carbonyl (C=O) groups is 1. The fraction of sp³-hybridized carbons (Fsp3) is 0.615. The maximum atomic E-state index is 12.1. The molecule has 1 N–H and O–H groups in total. The first-order chi connectivity index (χ1) is 8.77. The zero-order valence-corrected chi connectivity index (χ0v) is 10.4. The molecule has 2 aliphatic rings. The Morgan fingerprint density at radius 2 is 2.06 bits per heavy atom. The van der Waals surface area contributed by atoms with Gasteiger partial charge in [0.2, 0.25) is 5.91 Å². The summed E-state index contributed by atoms with van der Waals surface area (Å²) in [5.41, 5.74) is 1.04. The Morgan fingerprint density at radius 1 is 1.33 bits per heavy atom. The Morgan fingerprint density at radius 3 is 2.67 bits per heavy atom. The number of aromatic nitrogens is 1. The van der Waals surface area contributed by atoms with Crippen LogP contribution in [0.4, 0.5) is 0 Å². The summed E-state index contributed by atoms with van der Waals surface area (Å²) in [5, 5.41) is 0. The summed E-state index contributed by atoms with van der Waals surface area (Å²) in [6.45, 7) is 2.81. The number of carbonyl (C=O) groups excluding carboxylic acids is 1. The Hall–Kier alpha value is -1.33.